The average Bonchev–Trinajstić information content (AvgIpc) is 2.74. The van der Waals surface area contributed by atoms with Crippen molar-refractivity contribution in [1.29, 1.82) is 0 Å². The van der Waals surface area contributed by atoms with Crippen molar-refractivity contribution in [3.8, 4) is 11.5 Å². The molecule has 1 saturated carbocycles. The Bertz CT molecular complexity index is 498. The van der Waals surface area contributed by atoms with Crippen molar-refractivity contribution in [3.63, 3.8) is 0 Å². The highest BCUT2D eigenvalue weighted by atomic mass is 16.7. The summed E-state index contributed by atoms with van der Waals surface area (Å²) in [6.07, 6.45) is 5.46. The lowest BCUT2D eigenvalue weighted by Gasteiger charge is -2.42. The Morgan fingerprint density at radius 1 is 1.00 bits per heavy atom. The van der Waals surface area contributed by atoms with Gasteiger partial charge in [-0.25, -0.2) is 0 Å². The van der Waals surface area contributed by atoms with Gasteiger partial charge in [-0.05, 0) is 25.0 Å². The Morgan fingerprint density at radius 3 is 2.30 bits per heavy atom. The van der Waals surface area contributed by atoms with Gasteiger partial charge in [0.25, 0.3) is 5.79 Å². The number of hydrogen-bond donors (Lipinski definition) is 0. The lowest BCUT2D eigenvalue weighted by atomic mass is 9.71. The van der Waals surface area contributed by atoms with Crippen LogP contribution < -0.4 is 9.47 Å². The molecular weight excluding hydrogens is 252 g/mol. The van der Waals surface area contributed by atoms with E-state index in [2.05, 4.69) is 6.92 Å². The number of carbonyl (C=O) groups excluding carboxylic acids is 1. The molecule has 3 nitrogen and oxygen atoms in total. The molecule has 3 heteroatoms. The van der Waals surface area contributed by atoms with E-state index in [4.69, 9.17) is 9.47 Å². The van der Waals surface area contributed by atoms with Gasteiger partial charge in [-0.2, -0.15) is 0 Å². The summed E-state index contributed by atoms with van der Waals surface area (Å²) in [5.74, 6) is 1.15. The van der Waals surface area contributed by atoms with Crippen molar-refractivity contribution in [1.82, 2.24) is 0 Å². The molecule has 1 heterocycles. The van der Waals surface area contributed by atoms with Crippen LogP contribution in [0.3, 0.4) is 0 Å². The van der Waals surface area contributed by atoms with Crippen molar-refractivity contribution >= 4 is 5.78 Å². The lowest BCUT2D eigenvalue weighted by Crippen LogP contribution is -2.52. The Balaban J connectivity index is 1.88. The van der Waals surface area contributed by atoms with Crippen molar-refractivity contribution in [2.75, 3.05) is 0 Å². The number of rotatable bonds is 1. The second kappa shape index (κ2) is 4.80. The van der Waals surface area contributed by atoms with Gasteiger partial charge in [0.1, 0.15) is 5.78 Å². The quantitative estimate of drug-likeness (QED) is 0.773. The number of ketones is 1. The third-order valence-corrected chi connectivity index (χ3v) is 4.83. The minimum absolute atomic E-state index is 0.274. The summed E-state index contributed by atoms with van der Waals surface area (Å²) in [7, 11) is 0. The predicted octanol–water partition coefficient (Wildman–Crippen LogP) is 4.10. The van der Waals surface area contributed by atoms with Crippen LogP contribution in [0.25, 0.3) is 0 Å². The van der Waals surface area contributed by atoms with E-state index in [0.29, 0.717) is 18.6 Å². The molecule has 2 aliphatic rings. The highest BCUT2D eigenvalue weighted by Gasteiger charge is 2.53. The Labute approximate surface area is 120 Å². The molecule has 0 bridgehead atoms. The summed E-state index contributed by atoms with van der Waals surface area (Å²) >= 11 is 0. The zero-order valence-electron chi connectivity index (χ0n) is 12.3. The first-order valence-electron chi connectivity index (χ1n) is 7.51. The van der Waals surface area contributed by atoms with Gasteiger partial charge in [-0.15, -0.1) is 0 Å². The molecule has 108 valence electrons. The minimum Gasteiger partial charge on any atom is -0.448 e. The van der Waals surface area contributed by atoms with Gasteiger partial charge >= 0.3 is 0 Å². The lowest BCUT2D eigenvalue weighted by molar-refractivity contribution is -0.170. The van der Waals surface area contributed by atoms with Crippen LogP contribution in [-0.4, -0.2) is 11.6 Å². The van der Waals surface area contributed by atoms with Crippen LogP contribution in [0.2, 0.25) is 0 Å². The zero-order valence-corrected chi connectivity index (χ0v) is 12.3. The van der Waals surface area contributed by atoms with Crippen LogP contribution in [0.5, 0.6) is 11.5 Å². The van der Waals surface area contributed by atoms with Crippen molar-refractivity contribution < 1.29 is 14.3 Å². The molecule has 0 amide bonds. The number of hydrogen-bond acceptors (Lipinski definition) is 3. The molecule has 1 aliphatic heterocycles. The molecule has 1 aromatic carbocycles. The van der Waals surface area contributed by atoms with Crippen LogP contribution in [0.15, 0.2) is 24.3 Å². The maximum Gasteiger partial charge on any atom is 0.254 e. The fourth-order valence-electron chi connectivity index (χ4n) is 3.32. The van der Waals surface area contributed by atoms with E-state index in [0.717, 1.165) is 37.2 Å². The van der Waals surface area contributed by atoms with Crippen LogP contribution in [0.4, 0.5) is 0 Å². The number of ether oxygens (including phenoxy) is 2. The second-order valence-electron chi connectivity index (χ2n) is 6.43. The van der Waals surface area contributed by atoms with Crippen LogP contribution in [0, 0.1) is 5.41 Å². The molecule has 0 unspecified atom stereocenters. The van der Waals surface area contributed by atoms with E-state index in [9.17, 15) is 4.79 Å². The summed E-state index contributed by atoms with van der Waals surface area (Å²) in [5.41, 5.74) is -0.274. The summed E-state index contributed by atoms with van der Waals surface area (Å²) in [5, 5.41) is 0. The molecule has 0 N–H and O–H groups in total. The zero-order chi connectivity index (χ0) is 14.2. The first-order valence-corrected chi connectivity index (χ1v) is 7.51. The van der Waals surface area contributed by atoms with E-state index in [-0.39, 0.29) is 5.41 Å². The average molecular weight is 274 g/mol. The minimum atomic E-state index is -0.746. The molecule has 1 atom stereocenters. The molecule has 0 saturated heterocycles. The van der Waals surface area contributed by atoms with Crippen molar-refractivity contribution in [2.45, 2.75) is 58.2 Å². The second-order valence-corrected chi connectivity index (χ2v) is 6.43. The van der Waals surface area contributed by atoms with E-state index in [1.165, 1.54) is 0 Å². The standard InChI is InChI=1S/C17H22O3/c1-16(11-7-3-4-8-13(18)12-16)17(2)19-14-9-5-6-10-15(14)20-17/h5-6,9-10H,3-4,7-8,11-12H2,1-2H3/t16-/m1/s1. The monoisotopic (exact) mass is 274 g/mol. The third-order valence-electron chi connectivity index (χ3n) is 4.83. The van der Waals surface area contributed by atoms with Gasteiger partial charge in [-0.1, -0.05) is 31.9 Å². The molecule has 0 aromatic heterocycles. The SMILES string of the molecule is CC1([C@]2(C)CCCCCC(=O)C2)Oc2ccccc2O1. The van der Waals surface area contributed by atoms with Gasteiger partial charge in [0, 0.05) is 19.8 Å². The fourth-order valence-corrected chi connectivity index (χ4v) is 3.32. The van der Waals surface area contributed by atoms with Crippen molar-refractivity contribution in [2.24, 2.45) is 5.41 Å². The Morgan fingerprint density at radius 2 is 1.65 bits per heavy atom. The van der Waals surface area contributed by atoms with E-state index < -0.39 is 5.79 Å². The van der Waals surface area contributed by atoms with Gasteiger partial charge < -0.3 is 9.47 Å². The number of para-hydroxylation sites is 2. The highest BCUT2D eigenvalue weighted by molar-refractivity contribution is 5.79. The van der Waals surface area contributed by atoms with Gasteiger partial charge in [0.05, 0.1) is 5.41 Å². The van der Waals surface area contributed by atoms with Gasteiger partial charge in [0.15, 0.2) is 11.5 Å². The molecule has 0 spiro atoms. The van der Waals surface area contributed by atoms with Gasteiger partial charge in [-0.3, -0.25) is 4.79 Å². The fraction of sp³-hybridized carbons (Fsp3) is 0.588. The normalized spacial score (nSPS) is 28.8. The van der Waals surface area contributed by atoms with Gasteiger partial charge in [0.2, 0.25) is 0 Å². The molecule has 20 heavy (non-hydrogen) atoms. The number of benzene rings is 1. The molecule has 1 aliphatic carbocycles. The maximum absolute atomic E-state index is 12.1. The van der Waals surface area contributed by atoms with Crippen LogP contribution in [-0.2, 0) is 4.79 Å². The Hall–Kier alpha value is -1.51. The molecule has 1 aromatic rings. The van der Waals surface area contributed by atoms with E-state index in [1.54, 1.807) is 0 Å². The maximum atomic E-state index is 12.1. The smallest absolute Gasteiger partial charge is 0.254 e. The third kappa shape index (κ3) is 2.19. The summed E-state index contributed by atoms with van der Waals surface area (Å²) < 4.78 is 12.2. The molecule has 1 fully saturated rings. The first-order chi connectivity index (χ1) is 9.52. The molecule has 0 radical (unpaired) electrons. The molecule has 3 rings (SSSR count). The topological polar surface area (TPSA) is 35.5 Å². The number of Topliss-reactive ketones (excluding diaryl/α,β-unsaturated/α-hetero) is 1. The highest BCUT2D eigenvalue weighted by Crippen LogP contribution is 2.51. The largest absolute Gasteiger partial charge is 0.448 e. The van der Waals surface area contributed by atoms with Crippen LogP contribution >= 0.6 is 0 Å². The number of fused-ring (bicyclic) bond motifs is 1. The van der Waals surface area contributed by atoms with Crippen LogP contribution in [0.1, 0.15) is 52.4 Å². The number of carbonyl (C=O) groups is 1. The predicted molar refractivity (Wildman–Crippen MR) is 76.9 cm³/mol. The van der Waals surface area contributed by atoms with E-state index in [1.807, 2.05) is 31.2 Å². The summed E-state index contributed by atoms with van der Waals surface area (Å²) in [4.78, 5) is 12.1. The van der Waals surface area contributed by atoms with E-state index >= 15 is 0 Å². The van der Waals surface area contributed by atoms with Crippen molar-refractivity contribution in [3.05, 3.63) is 24.3 Å². The summed E-state index contributed by atoms with van der Waals surface area (Å²) in [6, 6.07) is 7.74. The summed E-state index contributed by atoms with van der Waals surface area (Å²) in [6.45, 7) is 4.10. The molecular formula is C17H22O3. The Kier molecular flexibility index (Phi) is 3.23. The first kappa shape index (κ1) is 13.5.